The highest BCUT2D eigenvalue weighted by atomic mass is 35.5. The van der Waals surface area contributed by atoms with E-state index in [0.717, 1.165) is 11.1 Å². The predicted molar refractivity (Wildman–Crippen MR) is 83.0 cm³/mol. The van der Waals surface area contributed by atoms with Gasteiger partial charge in [-0.15, -0.1) is 10.2 Å². The SMILES string of the molecule is Nc1ccc(-c2nnc(SCc3ccc(Cl)nc3)o2)cc1. The molecule has 2 aromatic heterocycles. The van der Waals surface area contributed by atoms with E-state index >= 15 is 0 Å². The van der Waals surface area contributed by atoms with E-state index in [1.165, 1.54) is 11.8 Å². The van der Waals surface area contributed by atoms with E-state index in [4.69, 9.17) is 21.8 Å². The molecule has 0 bridgehead atoms. The number of nitrogen functional groups attached to an aromatic ring is 1. The van der Waals surface area contributed by atoms with Crippen LogP contribution in [0.4, 0.5) is 5.69 Å². The van der Waals surface area contributed by atoms with Crippen molar-refractivity contribution in [2.75, 3.05) is 5.73 Å². The van der Waals surface area contributed by atoms with Gasteiger partial charge < -0.3 is 10.2 Å². The second kappa shape index (κ2) is 6.15. The molecule has 0 aliphatic carbocycles. The van der Waals surface area contributed by atoms with Crippen LogP contribution in [0.15, 0.2) is 52.2 Å². The molecule has 5 nitrogen and oxygen atoms in total. The molecule has 0 unspecified atom stereocenters. The van der Waals surface area contributed by atoms with Gasteiger partial charge in [0.05, 0.1) is 0 Å². The van der Waals surface area contributed by atoms with Crippen LogP contribution in [0.2, 0.25) is 5.15 Å². The minimum Gasteiger partial charge on any atom is -0.411 e. The number of benzene rings is 1. The van der Waals surface area contributed by atoms with Crippen LogP contribution >= 0.6 is 23.4 Å². The number of nitrogens with zero attached hydrogens (tertiary/aromatic N) is 3. The van der Waals surface area contributed by atoms with Crippen molar-refractivity contribution in [1.29, 1.82) is 0 Å². The van der Waals surface area contributed by atoms with Gasteiger partial charge in [-0.25, -0.2) is 4.98 Å². The number of nitrogens with two attached hydrogens (primary N) is 1. The first-order chi connectivity index (χ1) is 10.2. The van der Waals surface area contributed by atoms with Crippen LogP contribution in [0.1, 0.15) is 5.56 Å². The zero-order valence-electron chi connectivity index (χ0n) is 10.9. The number of aromatic nitrogens is 3. The Hall–Kier alpha value is -2.05. The molecule has 0 radical (unpaired) electrons. The van der Waals surface area contributed by atoms with Crippen LogP contribution in [0, 0.1) is 0 Å². The Kier molecular flexibility index (Phi) is 4.08. The van der Waals surface area contributed by atoms with Gasteiger partial charge in [0.15, 0.2) is 0 Å². The van der Waals surface area contributed by atoms with E-state index in [-0.39, 0.29) is 0 Å². The van der Waals surface area contributed by atoms with Gasteiger partial charge in [-0.2, -0.15) is 0 Å². The lowest BCUT2D eigenvalue weighted by atomic mass is 10.2. The van der Waals surface area contributed by atoms with Crippen LogP contribution in [-0.2, 0) is 5.75 Å². The molecule has 0 atom stereocenters. The average molecular weight is 319 g/mol. The Morgan fingerprint density at radius 2 is 1.90 bits per heavy atom. The maximum Gasteiger partial charge on any atom is 0.277 e. The van der Waals surface area contributed by atoms with Gasteiger partial charge in [-0.1, -0.05) is 29.4 Å². The Morgan fingerprint density at radius 3 is 2.62 bits per heavy atom. The van der Waals surface area contributed by atoms with Gasteiger partial charge in [0.1, 0.15) is 5.15 Å². The van der Waals surface area contributed by atoms with E-state index < -0.39 is 0 Å². The summed E-state index contributed by atoms with van der Waals surface area (Å²) >= 11 is 7.19. The van der Waals surface area contributed by atoms with Crippen molar-refractivity contribution < 1.29 is 4.42 Å². The van der Waals surface area contributed by atoms with E-state index in [2.05, 4.69) is 15.2 Å². The van der Waals surface area contributed by atoms with Crippen molar-refractivity contribution in [3.63, 3.8) is 0 Å². The number of hydrogen-bond donors (Lipinski definition) is 1. The third-order valence-corrected chi connectivity index (χ3v) is 3.83. The van der Waals surface area contributed by atoms with Crippen LogP contribution in [0.3, 0.4) is 0 Å². The van der Waals surface area contributed by atoms with Crippen molar-refractivity contribution in [2.45, 2.75) is 11.0 Å². The molecule has 106 valence electrons. The quantitative estimate of drug-likeness (QED) is 0.449. The highest BCUT2D eigenvalue weighted by molar-refractivity contribution is 7.98. The minimum absolute atomic E-state index is 0.478. The van der Waals surface area contributed by atoms with Gasteiger partial charge in [-0.05, 0) is 35.9 Å². The topological polar surface area (TPSA) is 77.8 Å². The van der Waals surface area contributed by atoms with Crippen molar-refractivity contribution in [3.05, 3.63) is 53.3 Å². The number of hydrogen-bond acceptors (Lipinski definition) is 6. The molecule has 0 aliphatic heterocycles. The van der Waals surface area contributed by atoms with E-state index in [1.807, 2.05) is 18.2 Å². The van der Waals surface area contributed by atoms with Gasteiger partial charge in [0.2, 0.25) is 5.89 Å². The van der Waals surface area contributed by atoms with E-state index in [9.17, 15) is 0 Å². The second-order valence-electron chi connectivity index (χ2n) is 4.27. The molecule has 0 aliphatic rings. The standard InChI is InChI=1S/C14H11ClN4OS/c15-12-6-1-9(7-17-12)8-21-14-19-18-13(20-14)10-2-4-11(16)5-3-10/h1-7H,8,16H2. The number of rotatable bonds is 4. The number of thioether (sulfide) groups is 1. The summed E-state index contributed by atoms with van der Waals surface area (Å²) in [6.07, 6.45) is 1.73. The smallest absolute Gasteiger partial charge is 0.277 e. The average Bonchev–Trinajstić information content (AvgIpc) is 2.96. The maximum absolute atomic E-state index is 5.74. The van der Waals surface area contributed by atoms with Gasteiger partial charge >= 0.3 is 0 Å². The normalized spacial score (nSPS) is 10.7. The summed E-state index contributed by atoms with van der Waals surface area (Å²) in [5, 5.41) is 9.03. The first kappa shape index (κ1) is 13.9. The molecule has 0 amide bonds. The maximum atomic E-state index is 5.74. The van der Waals surface area contributed by atoms with Crippen LogP contribution in [0.5, 0.6) is 0 Å². The van der Waals surface area contributed by atoms with Gasteiger partial charge in [-0.3, -0.25) is 0 Å². The van der Waals surface area contributed by atoms with Crippen molar-refractivity contribution in [2.24, 2.45) is 0 Å². The summed E-state index contributed by atoms with van der Waals surface area (Å²) in [5.41, 5.74) is 8.23. The third kappa shape index (κ3) is 3.53. The van der Waals surface area contributed by atoms with Gasteiger partial charge in [0.25, 0.3) is 5.22 Å². The number of halogens is 1. The first-order valence-electron chi connectivity index (χ1n) is 6.13. The second-order valence-corrected chi connectivity index (χ2v) is 5.59. The fraction of sp³-hybridized carbons (Fsp3) is 0.0714. The Balaban J connectivity index is 1.67. The zero-order valence-corrected chi connectivity index (χ0v) is 12.4. The number of anilines is 1. The lowest BCUT2D eigenvalue weighted by molar-refractivity contribution is 0.466. The van der Waals surface area contributed by atoms with Crippen LogP contribution in [0.25, 0.3) is 11.5 Å². The Labute approximate surface area is 130 Å². The minimum atomic E-state index is 0.478. The van der Waals surface area contributed by atoms with Crippen molar-refractivity contribution in [1.82, 2.24) is 15.2 Å². The van der Waals surface area contributed by atoms with Crippen LogP contribution < -0.4 is 5.73 Å². The molecular weight excluding hydrogens is 308 g/mol. The summed E-state index contributed by atoms with van der Waals surface area (Å²) in [6.45, 7) is 0. The molecule has 3 aromatic rings. The Morgan fingerprint density at radius 1 is 1.10 bits per heavy atom. The molecule has 3 rings (SSSR count). The van der Waals surface area contributed by atoms with E-state index in [1.54, 1.807) is 24.4 Å². The summed E-state index contributed by atoms with van der Waals surface area (Å²) in [5.74, 6) is 1.17. The molecule has 0 saturated carbocycles. The van der Waals surface area contributed by atoms with Crippen molar-refractivity contribution >= 4 is 29.1 Å². The molecule has 0 spiro atoms. The summed E-state index contributed by atoms with van der Waals surface area (Å²) in [7, 11) is 0. The number of pyridine rings is 1. The fourth-order valence-corrected chi connectivity index (χ4v) is 2.46. The highest BCUT2D eigenvalue weighted by Gasteiger charge is 2.09. The molecule has 21 heavy (non-hydrogen) atoms. The lowest BCUT2D eigenvalue weighted by Crippen LogP contribution is -1.83. The monoisotopic (exact) mass is 318 g/mol. The highest BCUT2D eigenvalue weighted by Crippen LogP contribution is 2.26. The largest absolute Gasteiger partial charge is 0.411 e. The van der Waals surface area contributed by atoms with Crippen molar-refractivity contribution in [3.8, 4) is 11.5 Å². The first-order valence-corrected chi connectivity index (χ1v) is 7.50. The zero-order chi connectivity index (χ0) is 14.7. The molecule has 7 heteroatoms. The molecule has 0 saturated heterocycles. The third-order valence-electron chi connectivity index (χ3n) is 2.72. The summed E-state index contributed by atoms with van der Waals surface area (Å²) in [6, 6.07) is 11.0. The summed E-state index contributed by atoms with van der Waals surface area (Å²) < 4.78 is 5.61. The van der Waals surface area contributed by atoms with E-state index in [0.29, 0.717) is 27.7 Å². The molecular formula is C14H11ClN4OS. The summed E-state index contributed by atoms with van der Waals surface area (Å²) in [4.78, 5) is 4.03. The molecule has 0 fully saturated rings. The molecule has 2 N–H and O–H groups in total. The Bertz CT molecular complexity index is 727. The lowest BCUT2D eigenvalue weighted by Gasteiger charge is -1.97. The predicted octanol–water partition coefficient (Wildman–Crippen LogP) is 3.66. The molecule has 2 heterocycles. The fourth-order valence-electron chi connectivity index (χ4n) is 1.65. The molecule has 1 aromatic carbocycles. The van der Waals surface area contributed by atoms with Crippen LogP contribution in [-0.4, -0.2) is 15.2 Å². The van der Waals surface area contributed by atoms with Gasteiger partial charge in [0, 0.05) is 23.2 Å².